The van der Waals surface area contributed by atoms with Crippen molar-refractivity contribution in [1.82, 2.24) is 19.6 Å². The maximum absolute atomic E-state index is 6.03. The summed E-state index contributed by atoms with van der Waals surface area (Å²) < 4.78 is 8.30. The molecule has 5 rings (SSSR count). The molecule has 3 aromatic rings. The molecule has 0 N–H and O–H groups in total. The summed E-state index contributed by atoms with van der Waals surface area (Å²) in [4.78, 5) is 5.60. The fourth-order valence-electron chi connectivity index (χ4n) is 3.02. The predicted molar refractivity (Wildman–Crippen MR) is 107 cm³/mol. The number of thiazole rings is 1. The lowest BCUT2D eigenvalue weighted by atomic mass is 10.1. The summed E-state index contributed by atoms with van der Waals surface area (Å²) in [5, 5.41) is 12.5. The van der Waals surface area contributed by atoms with E-state index < -0.39 is 0 Å². The molecule has 0 aliphatic carbocycles. The second kappa shape index (κ2) is 5.90. The van der Waals surface area contributed by atoms with Crippen LogP contribution in [0.4, 0.5) is 0 Å². The number of rotatable bonds is 2. The minimum Gasteiger partial charge on any atom is -0.496 e. The highest BCUT2D eigenvalue weighted by atomic mass is 79.9. The molecular formula is C18H10BrClN4OS. The Balaban J connectivity index is 1.84. The van der Waals surface area contributed by atoms with Gasteiger partial charge in [0.1, 0.15) is 11.4 Å². The van der Waals surface area contributed by atoms with Crippen molar-refractivity contribution < 1.29 is 4.74 Å². The Morgan fingerprint density at radius 1 is 1.15 bits per heavy atom. The van der Waals surface area contributed by atoms with Crippen LogP contribution in [0.3, 0.4) is 0 Å². The molecule has 0 amide bonds. The smallest absolute Gasteiger partial charge is 0.216 e. The van der Waals surface area contributed by atoms with E-state index in [0.717, 1.165) is 48.9 Å². The summed E-state index contributed by atoms with van der Waals surface area (Å²) in [6.07, 6.45) is 0. The molecule has 0 bridgehead atoms. The SMILES string of the molecule is COc1cc2c3nnc4scc(-c5ccc(Cl)cc5)n4c-3nc2cc1Br. The number of nitrogens with zero attached hydrogens (tertiary/aromatic N) is 4. The topological polar surface area (TPSA) is 52.3 Å². The molecule has 0 fully saturated rings. The molecule has 0 atom stereocenters. The van der Waals surface area contributed by atoms with E-state index in [1.165, 1.54) is 11.3 Å². The van der Waals surface area contributed by atoms with Gasteiger partial charge in [0, 0.05) is 15.8 Å². The van der Waals surface area contributed by atoms with Gasteiger partial charge in [0.25, 0.3) is 0 Å². The third kappa shape index (κ3) is 2.31. The molecular weight excluding hydrogens is 436 g/mol. The number of hydrogen-bond donors (Lipinski definition) is 0. The van der Waals surface area contributed by atoms with Crippen LogP contribution in [0.5, 0.6) is 5.75 Å². The first-order valence-corrected chi connectivity index (χ1v) is 9.76. The van der Waals surface area contributed by atoms with Gasteiger partial charge in [-0.05, 0) is 45.8 Å². The Kier molecular flexibility index (Phi) is 3.63. The van der Waals surface area contributed by atoms with Gasteiger partial charge < -0.3 is 4.74 Å². The lowest BCUT2D eigenvalue weighted by Crippen LogP contribution is -1.99. The number of aromatic nitrogens is 4. The molecule has 0 unspecified atom stereocenters. The molecule has 2 aliphatic rings. The number of halogens is 2. The average molecular weight is 446 g/mol. The van der Waals surface area contributed by atoms with Crippen molar-refractivity contribution in [3.8, 4) is 28.5 Å². The van der Waals surface area contributed by atoms with Crippen molar-refractivity contribution in [2.45, 2.75) is 0 Å². The molecule has 1 aromatic heterocycles. The van der Waals surface area contributed by atoms with Gasteiger partial charge in [-0.2, -0.15) is 0 Å². The molecule has 8 heteroatoms. The zero-order chi connectivity index (χ0) is 17.8. The van der Waals surface area contributed by atoms with Gasteiger partial charge in [-0.15, -0.1) is 21.5 Å². The number of benzene rings is 2. The summed E-state index contributed by atoms with van der Waals surface area (Å²) in [7, 11) is 1.64. The highest BCUT2D eigenvalue weighted by Gasteiger charge is 2.22. The van der Waals surface area contributed by atoms with Gasteiger partial charge in [0.2, 0.25) is 4.96 Å². The van der Waals surface area contributed by atoms with E-state index in [1.54, 1.807) is 7.11 Å². The maximum atomic E-state index is 6.03. The second-order valence-corrected chi connectivity index (χ2v) is 7.86. The minimum atomic E-state index is 0.706. The van der Waals surface area contributed by atoms with E-state index >= 15 is 0 Å². The quantitative estimate of drug-likeness (QED) is 0.358. The fourth-order valence-corrected chi connectivity index (χ4v) is 4.48. The summed E-state index contributed by atoms with van der Waals surface area (Å²) in [5.41, 5.74) is 3.65. The molecule has 128 valence electrons. The van der Waals surface area contributed by atoms with Crippen molar-refractivity contribution in [2.24, 2.45) is 0 Å². The molecule has 0 radical (unpaired) electrons. The van der Waals surface area contributed by atoms with Crippen molar-refractivity contribution in [1.29, 1.82) is 0 Å². The van der Waals surface area contributed by atoms with E-state index in [9.17, 15) is 0 Å². The van der Waals surface area contributed by atoms with Gasteiger partial charge in [-0.1, -0.05) is 23.7 Å². The second-order valence-electron chi connectivity index (χ2n) is 5.73. The third-order valence-electron chi connectivity index (χ3n) is 4.26. The van der Waals surface area contributed by atoms with Crippen molar-refractivity contribution in [3.63, 3.8) is 0 Å². The molecule has 26 heavy (non-hydrogen) atoms. The van der Waals surface area contributed by atoms with Crippen LogP contribution in [0, 0.1) is 0 Å². The molecule has 2 aromatic carbocycles. The largest absolute Gasteiger partial charge is 0.496 e. The highest BCUT2D eigenvalue weighted by molar-refractivity contribution is 9.10. The van der Waals surface area contributed by atoms with E-state index in [0.29, 0.717) is 5.02 Å². The summed E-state index contributed by atoms with van der Waals surface area (Å²) in [6, 6.07) is 11.6. The van der Waals surface area contributed by atoms with Crippen LogP contribution in [-0.2, 0) is 0 Å². The normalized spacial score (nSPS) is 11.7. The van der Waals surface area contributed by atoms with Crippen LogP contribution in [0.2, 0.25) is 5.02 Å². The van der Waals surface area contributed by atoms with E-state index in [1.807, 2.05) is 40.8 Å². The minimum absolute atomic E-state index is 0.706. The van der Waals surface area contributed by atoms with Crippen LogP contribution < -0.4 is 4.74 Å². The monoisotopic (exact) mass is 444 g/mol. The Morgan fingerprint density at radius 2 is 1.96 bits per heavy atom. The van der Waals surface area contributed by atoms with Gasteiger partial charge >= 0.3 is 0 Å². The zero-order valence-corrected chi connectivity index (χ0v) is 16.6. The zero-order valence-electron chi connectivity index (χ0n) is 13.4. The highest BCUT2D eigenvalue weighted by Crippen LogP contribution is 2.38. The fraction of sp³-hybridized carbons (Fsp3) is 0.0556. The molecule has 2 aliphatic heterocycles. The van der Waals surface area contributed by atoms with Gasteiger partial charge in [0.05, 0.1) is 22.8 Å². The number of ether oxygens (including phenoxy) is 1. The van der Waals surface area contributed by atoms with Crippen LogP contribution in [-0.4, -0.2) is 26.7 Å². The predicted octanol–water partition coefficient (Wildman–Crippen LogP) is 5.54. The van der Waals surface area contributed by atoms with Gasteiger partial charge in [-0.3, -0.25) is 4.40 Å². The Hall–Kier alpha value is -2.22. The molecule has 0 saturated carbocycles. The van der Waals surface area contributed by atoms with Crippen molar-refractivity contribution in [3.05, 3.63) is 51.3 Å². The summed E-state index contributed by atoms with van der Waals surface area (Å²) >= 11 is 11.1. The number of methoxy groups -OCH3 is 1. The molecule has 0 saturated heterocycles. The first kappa shape index (κ1) is 16.0. The van der Waals surface area contributed by atoms with Gasteiger partial charge in [0.15, 0.2) is 5.82 Å². The molecule has 3 heterocycles. The summed E-state index contributed by atoms with van der Waals surface area (Å²) in [5.74, 6) is 1.51. The van der Waals surface area contributed by atoms with Crippen molar-refractivity contribution >= 4 is 54.7 Å². The number of fused-ring (bicyclic) bond motifs is 5. The van der Waals surface area contributed by atoms with E-state index in [4.69, 9.17) is 21.3 Å². The van der Waals surface area contributed by atoms with Crippen LogP contribution in [0.15, 0.2) is 46.3 Å². The Labute approximate surface area is 165 Å². The average Bonchev–Trinajstić information content (AvgIpc) is 3.22. The Morgan fingerprint density at radius 3 is 2.73 bits per heavy atom. The van der Waals surface area contributed by atoms with Crippen LogP contribution >= 0.6 is 38.9 Å². The molecule has 5 nitrogen and oxygen atoms in total. The number of hydrogen-bond acceptors (Lipinski definition) is 5. The first-order valence-electron chi connectivity index (χ1n) is 7.71. The van der Waals surface area contributed by atoms with E-state index in [2.05, 4.69) is 31.5 Å². The maximum Gasteiger partial charge on any atom is 0.216 e. The third-order valence-corrected chi connectivity index (χ3v) is 5.95. The van der Waals surface area contributed by atoms with Crippen LogP contribution in [0.25, 0.3) is 38.6 Å². The van der Waals surface area contributed by atoms with E-state index in [-0.39, 0.29) is 0 Å². The lowest BCUT2D eigenvalue weighted by Gasteiger charge is -2.06. The van der Waals surface area contributed by atoms with Crippen LogP contribution in [0.1, 0.15) is 0 Å². The van der Waals surface area contributed by atoms with Gasteiger partial charge in [-0.25, -0.2) is 4.98 Å². The lowest BCUT2D eigenvalue weighted by molar-refractivity contribution is 0.413. The summed E-state index contributed by atoms with van der Waals surface area (Å²) in [6.45, 7) is 0. The first-order chi connectivity index (χ1) is 12.7. The van der Waals surface area contributed by atoms with Crippen molar-refractivity contribution in [2.75, 3.05) is 7.11 Å². The standard InChI is InChI=1S/C18H10BrClN4OS/c1-25-15-6-11-13(7-12(15)19)21-17-16(11)22-23-18-24(17)14(8-26-18)9-2-4-10(20)5-3-9/h2-8H,1H3. The molecule has 0 spiro atoms. The Bertz CT molecular complexity index is 1250.